The summed E-state index contributed by atoms with van der Waals surface area (Å²) in [7, 11) is 0. The van der Waals surface area contributed by atoms with E-state index in [1.165, 1.54) is 11.6 Å². The Labute approximate surface area is 141 Å². The fourth-order valence-electron chi connectivity index (χ4n) is 2.20. The molecule has 0 aliphatic rings. The number of benzene rings is 2. The maximum atomic E-state index is 13.1. The molecule has 24 heavy (non-hydrogen) atoms. The molecule has 2 rings (SSSR count). The largest absolute Gasteiger partial charge is 0.384 e. The lowest BCUT2D eigenvalue weighted by Gasteiger charge is -2.19. The molecule has 1 amide bonds. The molecule has 0 bridgehead atoms. The van der Waals surface area contributed by atoms with E-state index in [0.717, 1.165) is 17.8 Å². The molecular weight excluding hydrogens is 310 g/mol. The Balaban J connectivity index is 1.81. The quantitative estimate of drug-likeness (QED) is 0.833. The highest BCUT2D eigenvalue weighted by molar-refractivity contribution is 5.91. The minimum atomic E-state index is -0.914. The summed E-state index contributed by atoms with van der Waals surface area (Å²) >= 11 is 0. The van der Waals surface area contributed by atoms with Crippen LogP contribution in [0.1, 0.15) is 32.8 Å². The predicted octanol–water partition coefficient (Wildman–Crippen LogP) is 4.70. The Morgan fingerprint density at radius 1 is 0.958 bits per heavy atom. The third-order valence-corrected chi connectivity index (χ3v) is 3.64. The van der Waals surface area contributed by atoms with E-state index in [-0.39, 0.29) is 17.7 Å². The van der Waals surface area contributed by atoms with Crippen molar-refractivity contribution in [2.75, 3.05) is 17.2 Å². The summed E-state index contributed by atoms with van der Waals surface area (Å²) in [5.41, 5.74) is 2.44. The first kappa shape index (κ1) is 17.9. The number of hydrogen-bond donors (Lipinski definition) is 2. The van der Waals surface area contributed by atoms with Gasteiger partial charge in [-0.3, -0.25) is 4.79 Å². The van der Waals surface area contributed by atoms with Crippen molar-refractivity contribution in [3.8, 4) is 0 Å². The van der Waals surface area contributed by atoms with Gasteiger partial charge in [-0.2, -0.15) is 0 Å². The van der Waals surface area contributed by atoms with Gasteiger partial charge in [0.05, 0.1) is 0 Å². The van der Waals surface area contributed by atoms with Crippen LogP contribution in [0.4, 0.5) is 20.2 Å². The molecule has 0 fully saturated rings. The van der Waals surface area contributed by atoms with Crippen molar-refractivity contribution in [1.82, 2.24) is 0 Å². The van der Waals surface area contributed by atoms with Gasteiger partial charge in [0.25, 0.3) is 0 Å². The third-order valence-electron chi connectivity index (χ3n) is 3.64. The molecular formula is C19H22F2N2O. The summed E-state index contributed by atoms with van der Waals surface area (Å²) in [6.45, 7) is 6.72. The first-order valence-corrected chi connectivity index (χ1v) is 7.85. The minimum absolute atomic E-state index is 0.0664. The van der Waals surface area contributed by atoms with Crippen molar-refractivity contribution < 1.29 is 13.6 Å². The van der Waals surface area contributed by atoms with Crippen molar-refractivity contribution in [3.63, 3.8) is 0 Å². The Morgan fingerprint density at radius 2 is 1.58 bits per heavy atom. The van der Waals surface area contributed by atoms with E-state index >= 15 is 0 Å². The van der Waals surface area contributed by atoms with E-state index in [2.05, 4.69) is 31.4 Å². The fraction of sp³-hybridized carbons (Fsp3) is 0.316. The lowest BCUT2D eigenvalue weighted by atomic mass is 9.87. The normalized spacial score (nSPS) is 11.2. The third kappa shape index (κ3) is 5.05. The summed E-state index contributed by atoms with van der Waals surface area (Å²) in [6, 6.07) is 11.3. The second kappa shape index (κ2) is 7.43. The zero-order chi connectivity index (χ0) is 17.7. The number of anilines is 2. The average molecular weight is 332 g/mol. The van der Waals surface area contributed by atoms with Crippen molar-refractivity contribution >= 4 is 17.3 Å². The van der Waals surface area contributed by atoms with Crippen LogP contribution in [0.15, 0.2) is 42.5 Å². The Hall–Kier alpha value is -2.43. The van der Waals surface area contributed by atoms with Gasteiger partial charge >= 0.3 is 0 Å². The number of amides is 1. The molecule has 5 heteroatoms. The van der Waals surface area contributed by atoms with Crippen LogP contribution in [0.25, 0.3) is 0 Å². The van der Waals surface area contributed by atoms with E-state index in [0.29, 0.717) is 12.2 Å². The number of rotatable bonds is 5. The molecule has 0 atom stereocenters. The van der Waals surface area contributed by atoms with Gasteiger partial charge in [-0.05, 0) is 41.3 Å². The first-order valence-electron chi connectivity index (χ1n) is 7.85. The van der Waals surface area contributed by atoms with Crippen LogP contribution < -0.4 is 10.6 Å². The number of carbonyl (C=O) groups excluding carboxylic acids is 1. The van der Waals surface area contributed by atoms with Crippen LogP contribution in [-0.2, 0) is 10.2 Å². The maximum Gasteiger partial charge on any atom is 0.226 e. The van der Waals surface area contributed by atoms with Crippen LogP contribution in [0.2, 0.25) is 0 Å². The summed E-state index contributed by atoms with van der Waals surface area (Å²) in [6.07, 6.45) is 0.222. The SMILES string of the molecule is CC(C)(C)c1ccc(NC(=O)CCNc2ccc(F)c(F)c2)cc1. The van der Waals surface area contributed by atoms with Crippen molar-refractivity contribution in [3.05, 3.63) is 59.7 Å². The van der Waals surface area contributed by atoms with Gasteiger partial charge in [0.15, 0.2) is 11.6 Å². The molecule has 0 saturated carbocycles. The lowest BCUT2D eigenvalue weighted by molar-refractivity contribution is -0.115. The molecule has 0 spiro atoms. The monoisotopic (exact) mass is 332 g/mol. The van der Waals surface area contributed by atoms with Crippen molar-refractivity contribution in [2.45, 2.75) is 32.6 Å². The first-order chi connectivity index (χ1) is 11.3. The van der Waals surface area contributed by atoms with E-state index in [4.69, 9.17) is 0 Å². The van der Waals surface area contributed by atoms with Gasteiger partial charge in [-0.15, -0.1) is 0 Å². The Bertz CT molecular complexity index is 706. The summed E-state index contributed by atoms with van der Waals surface area (Å²) in [5, 5.41) is 5.71. The van der Waals surface area contributed by atoms with Gasteiger partial charge in [-0.1, -0.05) is 32.9 Å². The van der Waals surface area contributed by atoms with E-state index in [9.17, 15) is 13.6 Å². The van der Waals surface area contributed by atoms with Gasteiger partial charge in [0.1, 0.15) is 0 Å². The van der Waals surface area contributed by atoms with Crippen LogP contribution >= 0.6 is 0 Å². The van der Waals surface area contributed by atoms with Crippen LogP contribution in [0.3, 0.4) is 0 Å². The summed E-state index contributed by atoms with van der Waals surface area (Å²) in [4.78, 5) is 11.9. The molecule has 0 heterocycles. The van der Waals surface area contributed by atoms with Gasteiger partial charge in [0.2, 0.25) is 5.91 Å². The minimum Gasteiger partial charge on any atom is -0.384 e. The molecule has 0 aromatic heterocycles. The molecule has 2 aromatic carbocycles. The number of carbonyl (C=O) groups is 1. The second-order valence-corrected chi connectivity index (χ2v) is 6.68. The van der Waals surface area contributed by atoms with Crippen LogP contribution in [-0.4, -0.2) is 12.5 Å². The molecule has 3 nitrogen and oxygen atoms in total. The van der Waals surface area contributed by atoms with Crippen molar-refractivity contribution in [1.29, 1.82) is 0 Å². The fourth-order valence-corrected chi connectivity index (χ4v) is 2.20. The maximum absolute atomic E-state index is 13.1. The average Bonchev–Trinajstić information content (AvgIpc) is 2.50. The molecule has 2 N–H and O–H groups in total. The van der Waals surface area contributed by atoms with Crippen LogP contribution in [0.5, 0.6) is 0 Å². The van der Waals surface area contributed by atoms with Gasteiger partial charge in [-0.25, -0.2) is 8.78 Å². The van der Waals surface area contributed by atoms with E-state index in [1.54, 1.807) is 0 Å². The van der Waals surface area contributed by atoms with Crippen molar-refractivity contribution in [2.24, 2.45) is 0 Å². The summed E-state index contributed by atoms with van der Waals surface area (Å²) in [5.74, 6) is -1.95. The van der Waals surface area contributed by atoms with Crippen LogP contribution in [0, 0.1) is 11.6 Å². The zero-order valence-corrected chi connectivity index (χ0v) is 14.1. The smallest absolute Gasteiger partial charge is 0.226 e. The van der Waals surface area contributed by atoms with E-state index < -0.39 is 11.6 Å². The molecule has 0 aliphatic heterocycles. The number of halogens is 2. The molecule has 2 aromatic rings. The summed E-state index contributed by atoms with van der Waals surface area (Å²) < 4.78 is 25.9. The number of hydrogen-bond acceptors (Lipinski definition) is 2. The molecule has 0 aliphatic carbocycles. The lowest BCUT2D eigenvalue weighted by Crippen LogP contribution is -2.16. The standard InChI is InChI=1S/C19H22F2N2O/c1-19(2,3)13-4-6-14(7-5-13)23-18(24)10-11-22-15-8-9-16(20)17(21)12-15/h4-9,12,22H,10-11H2,1-3H3,(H,23,24). The van der Waals surface area contributed by atoms with Gasteiger partial charge in [0, 0.05) is 24.3 Å². The predicted molar refractivity (Wildman–Crippen MR) is 93.2 cm³/mol. The highest BCUT2D eigenvalue weighted by Gasteiger charge is 2.13. The highest BCUT2D eigenvalue weighted by atomic mass is 19.2. The van der Waals surface area contributed by atoms with E-state index in [1.807, 2.05) is 24.3 Å². The molecule has 0 radical (unpaired) electrons. The zero-order valence-electron chi connectivity index (χ0n) is 14.1. The topological polar surface area (TPSA) is 41.1 Å². The Morgan fingerprint density at radius 3 is 2.17 bits per heavy atom. The molecule has 128 valence electrons. The molecule has 0 unspecified atom stereocenters. The highest BCUT2D eigenvalue weighted by Crippen LogP contribution is 2.23. The second-order valence-electron chi connectivity index (χ2n) is 6.68. The Kier molecular flexibility index (Phi) is 5.54. The number of nitrogens with one attached hydrogen (secondary N) is 2. The molecule has 0 saturated heterocycles. The van der Waals surface area contributed by atoms with Gasteiger partial charge < -0.3 is 10.6 Å².